The van der Waals surface area contributed by atoms with Crippen LogP contribution in [0.5, 0.6) is 0 Å². The Morgan fingerprint density at radius 3 is 2.39 bits per heavy atom. The highest BCUT2D eigenvalue weighted by atomic mass is 32.2. The fraction of sp³-hybridized carbons (Fsp3) is 0.227. The van der Waals surface area contributed by atoms with Crippen molar-refractivity contribution in [2.24, 2.45) is 0 Å². The molecule has 1 amide bonds. The van der Waals surface area contributed by atoms with Crippen LogP contribution in [0.4, 0.5) is 5.69 Å². The van der Waals surface area contributed by atoms with E-state index in [2.05, 4.69) is 10.4 Å². The quantitative estimate of drug-likeness (QED) is 0.589. The fourth-order valence-electron chi connectivity index (χ4n) is 3.08. The number of anilines is 1. The number of carbonyl (C=O) groups excluding carboxylic acids is 2. The molecule has 2 aromatic carbocycles. The molecule has 1 heterocycles. The molecule has 0 unspecified atom stereocenters. The number of para-hydroxylation sites is 1. The molecule has 9 heteroatoms. The van der Waals surface area contributed by atoms with Gasteiger partial charge in [0.1, 0.15) is 0 Å². The molecule has 0 aliphatic rings. The minimum Gasteiger partial charge on any atom is -0.452 e. The number of hydrogen-bond donors (Lipinski definition) is 1. The van der Waals surface area contributed by atoms with Gasteiger partial charge in [0, 0.05) is 6.26 Å². The van der Waals surface area contributed by atoms with Crippen molar-refractivity contribution in [2.45, 2.75) is 25.7 Å². The minimum atomic E-state index is -3.47. The number of carbonyl (C=O) groups is 2. The molecule has 0 aliphatic heterocycles. The first-order valence-electron chi connectivity index (χ1n) is 9.47. The molecule has 1 N–H and O–H groups in total. The van der Waals surface area contributed by atoms with Crippen molar-refractivity contribution < 1.29 is 22.7 Å². The molecule has 31 heavy (non-hydrogen) atoms. The number of nitrogens with zero attached hydrogens (tertiary/aromatic N) is 2. The summed E-state index contributed by atoms with van der Waals surface area (Å²) in [7, 11) is -3.47. The van der Waals surface area contributed by atoms with E-state index in [1.54, 1.807) is 18.5 Å². The van der Waals surface area contributed by atoms with Crippen LogP contribution in [0.15, 0.2) is 53.4 Å². The molecule has 0 fully saturated rings. The second kappa shape index (κ2) is 8.73. The van der Waals surface area contributed by atoms with E-state index in [9.17, 15) is 18.0 Å². The van der Waals surface area contributed by atoms with Crippen LogP contribution in [-0.4, -0.2) is 42.9 Å². The summed E-state index contributed by atoms with van der Waals surface area (Å²) >= 11 is 0. The summed E-state index contributed by atoms with van der Waals surface area (Å²) in [6.07, 6.45) is 1.06. The van der Waals surface area contributed by atoms with Gasteiger partial charge in [-0.2, -0.15) is 5.10 Å². The van der Waals surface area contributed by atoms with Gasteiger partial charge in [-0.25, -0.2) is 17.9 Å². The molecule has 0 atom stereocenters. The van der Waals surface area contributed by atoms with E-state index in [1.165, 1.54) is 18.2 Å². The van der Waals surface area contributed by atoms with E-state index in [-0.39, 0.29) is 10.5 Å². The zero-order valence-electron chi connectivity index (χ0n) is 17.7. The molecule has 1 aromatic heterocycles. The summed E-state index contributed by atoms with van der Waals surface area (Å²) in [5.74, 6) is -1.30. The van der Waals surface area contributed by atoms with Crippen LogP contribution >= 0.6 is 0 Å². The van der Waals surface area contributed by atoms with Gasteiger partial charge in [-0.05, 0) is 50.6 Å². The average molecular weight is 442 g/mol. The third-order valence-corrected chi connectivity index (χ3v) is 5.86. The molecular weight excluding hydrogens is 418 g/mol. The maximum atomic E-state index is 12.4. The minimum absolute atomic E-state index is 0.00840. The molecule has 0 aliphatic carbocycles. The third kappa shape index (κ3) is 5.00. The average Bonchev–Trinajstić information content (AvgIpc) is 3.00. The van der Waals surface area contributed by atoms with Crippen molar-refractivity contribution in [3.05, 3.63) is 71.0 Å². The second-order valence-electron chi connectivity index (χ2n) is 7.17. The summed E-state index contributed by atoms with van der Waals surface area (Å²) < 4.78 is 30.3. The highest BCUT2D eigenvalue weighted by Gasteiger charge is 2.19. The molecule has 8 nitrogen and oxygen atoms in total. The second-order valence-corrected chi connectivity index (χ2v) is 9.18. The van der Waals surface area contributed by atoms with Crippen LogP contribution < -0.4 is 5.32 Å². The normalized spacial score (nSPS) is 11.2. The highest BCUT2D eigenvalue weighted by molar-refractivity contribution is 7.90. The predicted molar refractivity (Wildman–Crippen MR) is 116 cm³/mol. The number of aryl methyl sites for hydroxylation is 2. The number of benzene rings is 2. The maximum absolute atomic E-state index is 12.4. The standard InChI is InChI=1S/C22H23N3O5S/c1-14-10-11-18(31(4,28)29)12-19(14)22(27)30-13-20(26)23-21-15(2)24-25(16(21)3)17-8-6-5-7-9-17/h5-12H,13H2,1-4H3,(H,23,26). The Labute approximate surface area is 180 Å². The lowest BCUT2D eigenvalue weighted by atomic mass is 10.1. The molecule has 0 saturated heterocycles. The topological polar surface area (TPSA) is 107 Å². The summed E-state index contributed by atoms with van der Waals surface area (Å²) in [5, 5.41) is 7.19. The molecule has 3 aromatic rings. The molecule has 0 bridgehead atoms. The van der Waals surface area contributed by atoms with Gasteiger partial charge in [0.05, 0.1) is 33.2 Å². The Morgan fingerprint density at radius 1 is 1.06 bits per heavy atom. The Morgan fingerprint density at radius 2 is 1.74 bits per heavy atom. The van der Waals surface area contributed by atoms with E-state index >= 15 is 0 Å². The maximum Gasteiger partial charge on any atom is 0.338 e. The lowest BCUT2D eigenvalue weighted by Gasteiger charge is -2.10. The first-order chi connectivity index (χ1) is 14.6. The van der Waals surface area contributed by atoms with Crippen LogP contribution in [0.25, 0.3) is 5.69 Å². The number of hydrogen-bond acceptors (Lipinski definition) is 6. The number of aromatic nitrogens is 2. The van der Waals surface area contributed by atoms with Gasteiger partial charge in [0.25, 0.3) is 5.91 Å². The van der Waals surface area contributed by atoms with Gasteiger partial charge in [-0.3, -0.25) is 4.79 Å². The number of amides is 1. The van der Waals surface area contributed by atoms with Crippen molar-refractivity contribution in [3.63, 3.8) is 0 Å². The SMILES string of the molecule is Cc1ccc(S(C)(=O)=O)cc1C(=O)OCC(=O)Nc1c(C)nn(-c2ccccc2)c1C. The van der Waals surface area contributed by atoms with Crippen LogP contribution in [-0.2, 0) is 19.4 Å². The van der Waals surface area contributed by atoms with E-state index in [1.807, 2.05) is 37.3 Å². The monoisotopic (exact) mass is 441 g/mol. The van der Waals surface area contributed by atoms with Crippen LogP contribution in [0.1, 0.15) is 27.3 Å². The highest BCUT2D eigenvalue weighted by Crippen LogP contribution is 2.23. The van der Waals surface area contributed by atoms with Crippen molar-refractivity contribution in [3.8, 4) is 5.69 Å². The molecule has 3 rings (SSSR count). The zero-order chi connectivity index (χ0) is 22.8. The first kappa shape index (κ1) is 22.2. The largest absolute Gasteiger partial charge is 0.452 e. The van der Waals surface area contributed by atoms with E-state index in [0.717, 1.165) is 17.6 Å². The molecule has 0 radical (unpaired) electrons. The van der Waals surface area contributed by atoms with Crippen LogP contribution in [0, 0.1) is 20.8 Å². The van der Waals surface area contributed by atoms with Gasteiger partial charge >= 0.3 is 5.97 Å². The van der Waals surface area contributed by atoms with E-state index < -0.39 is 28.3 Å². The van der Waals surface area contributed by atoms with Crippen molar-refractivity contribution in [1.29, 1.82) is 0 Å². The van der Waals surface area contributed by atoms with Crippen LogP contribution in [0.2, 0.25) is 0 Å². The fourth-order valence-corrected chi connectivity index (χ4v) is 3.73. The van der Waals surface area contributed by atoms with Gasteiger partial charge in [0.15, 0.2) is 16.4 Å². The summed E-state index contributed by atoms with van der Waals surface area (Å²) in [5.41, 5.74) is 3.41. The predicted octanol–water partition coefficient (Wildman–Crippen LogP) is 3.00. The number of esters is 1. The van der Waals surface area contributed by atoms with Gasteiger partial charge in [-0.1, -0.05) is 24.3 Å². The third-order valence-electron chi connectivity index (χ3n) is 4.75. The van der Waals surface area contributed by atoms with Gasteiger partial charge in [-0.15, -0.1) is 0 Å². The smallest absolute Gasteiger partial charge is 0.338 e. The van der Waals surface area contributed by atoms with Crippen molar-refractivity contribution in [1.82, 2.24) is 9.78 Å². The van der Waals surface area contributed by atoms with E-state index in [4.69, 9.17) is 4.74 Å². The van der Waals surface area contributed by atoms with E-state index in [0.29, 0.717) is 16.9 Å². The van der Waals surface area contributed by atoms with Gasteiger partial charge < -0.3 is 10.1 Å². The summed E-state index contributed by atoms with van der Waals surface area (Å²) in [6, 6.07) is 13.7. The number of ether oxygens (including phenoxy) is 1. The molecule has 0 spiro atoms. The zero-order valence-corrected chi connectivity index (χ0v) is 18.5. The number of sulfone groups is 1. The lowest BCUT2D eigenvalue weighted by Crippen LogP contribution is -2.22. The number of nitrogens with one attached hydrogen (secondary N) is 1. The van der Waals surface area contributed by atoms with Crippen LogP contribution in [0.3, 0.4) is 0 Å². The lowest BCUT2D eigenvalue weighted by molar-refractivity contribution is -0.119. The summed E-state index contributed by atoms with van der Waals surface area (Å²) in [4.78, 5) is 24.8. The first-order valence-corrected chi connectivity index (χ1v) is 11.4. The summed E-state index contributed by atoms with van der Waals surface area (Å²) in [6.45, 7) is 4.74. The number of rotatable bonds is 6. The Kier molecular flexibility index (Phi) is 6.26. The Bertz CT molecular complexity index is 1250. The molecular formula is C22H23N3O5S. The Balaban J connectivity index is 1.70. The molecule has 162 valence electrons. The van der Waals surface area contributed by atoms with Crippen molar-refractivity contribution >= 4 is 27.4 Å². The van der Waals surface area contributed by atoms with Crippen molar-refractivity contribution in [2.75, 3.05) is 18.2 Å². The molecule has 0 saturated carbocycles. The Hall–Kier alpha value is -3.46. The van der Waals surface area contributed by atoms with Gasteiger partial charge in [0.2, 0.25) is 0 Å².